The Morgan fingerprint density at radius 2 is 1.80 bits per heavy atom. The number of phenolic OH excluding ortho intramolecular Hbond substituents is 1. The first-order valence-corrected chi connectivity index (χ1v) is 8.57. The van der Waals surface area contributed by atoms with Crippen LogP contribution in [-0.2, 0) is 0 Å². The highest BCUT2D eigenvalue weighted by atomic mass is 16.3. The summed E-state index contributed by atoms with van der Waals surface area (Å²) in [7, 11) is 0. The Balaban J connectivity index is 2.05. The van der Waals surface area contributed by atoms with Gasteiger partial charge < -0.3 is 5.11 Å². The largest absolute Gasteiger partial charge is 0.507 e. The number of rotatable bonds is 8. The molecule has 2 aromatic carbocycles. The molecule has 0 atom stereocenters. The van der Waals surface area contributed by atoms with E-state index in [1.54, 1.807) is 24.4 Å². The van der Waals surface area contributed by atoms with E-state index < -0.39 is 5.91 Å². The van der Waals surface area contributed by atoms with E-state index in [-0.39, 0.29) is 11.3 Å². The zero-order valence-corrected chi connectivity index (χ0v) is 14.5. The summed E-state index contributed by atoms with van der Waals surface area (Å²) in [6, 6.07) is 16.4. The van der Waals surface area contributed by atoms with Crippen LogP contribution in [0.5, 0.6) is 5.75 Å². The molecule has 2 rings (SSSR count). The Morgan fingerprint density at radius 3 is 2.52 bits per heavy atom. The minimum absolute atomic E-state index is 0.0572. The molecule has 0 saturated carbocycles. The van der Waals surface area contributed by atoms with Gasteiger partial charge in [0.1, 0.15) is 5.75 Å². The van der Waals surface area contributed by atoms with E-state index in [1.807, 2.05) is 30.3 Å². The minimum atomic E-state index is -0.429. The first kappa shape index (κ1) is 18.5. The summed E-state index contributed by atoms with van der Waals surface area (Å²) >= 11 is 0. The van der Waals surface area contributed by atoms with Crippen LogP contribution in [-0.4, -0.2) is 17.2 Å². The molecule has 1 amide bonds. The summed E-state index contributed by atoms with van der Waals surface area (Å²) < 4.78 is 0. The Bertz CT molecular complexity index is 737. The van der Waals surface area contributed by atoms with E-state index in [4.69, 9.17) is 0 Å². The molecule has 2 aromatic rings. The molecular weight excluding hydrogens is 312 g/mol. The van der Waals surface area contributed by atoms with Crippen molar-refractivity contribution in [2.45, 2.75) is 32.6 Å². The van der Waals surface area contributed by atoms with E-state index in [1.165, 1.54) is 6.07 Å². The molecule has 0 aliphatic rings. The van der Waals surface area contributed by atoms with Crippen molar-refractivity contribution in [1.29, 1.82) is 0 Å². The second kappa shape index (κ2) is 10.1. The van der Waals surface area contributed by atoms with Crippen LogP contribution in [0.2, 0.25) is 0 Å². The Kier molecular flexibility index (Phi) is 7.44. The average Bonchev–Trinajstić information content (AvgIpc) is 2.63. The van der Waals surface area contributed by atoms with Crippen LogP contribution >= 0.6 is 0 Å². The lowest BCUT2D eigenvalue weighted by molar-refractivity contribution is 0.0952. The van der Waals surface area contributed by atoms with Gasteiger partial charge >= 0.3 is 0 Å². The maximum Gasteiger partial charge on any atom is 0.275 e. The quantitative estimate of drug-likeness (QED) is 0.414. The monoisotopic (exact) mass is 336 g/mol. The molecule has 130 valence electrons. The number of aromatic hydroxyl groups is 1. The maximum atomic E-state index is 12.1. The summed E-state index contributed by atoms with van der Waals surface area (Å²) in [6.07, 6.45) is 8.04. The van der Waals surface area contributed by atoms with Crippen molar-refractivity contribution in [3.8, 4) is 5.75 Å². The van der Waals surface area contributed by atoms with Crippen LogP contribution in [0.4, 0.5) is 0 Å². The molecule has 0 saturated heterocycles. The van der Waals surface area contributed by atoms with Crippen LogP contribution in [0.25, 0.3) is 6.08 Å². The minimum Gasteiger partial charge on any atom is -0.507 e. The molecule has 0 aliphatic carbocycles. The molecule has 0 radical (unpaired) electrons. The Hall–Kier alpha value is -2.88. The predicted molar refractivity (Wildman–Crippen MR) is 103 cm³/mol. The van der Waals surface area contributed by atoms with E-state index >= 15 is 0 Å². The van der Waals surface area contributed by atoms with E-state index in [9.17, 15) is 9.90 Å². The second-order valence-corrected chi connectivity index (χ2v) is 5.80. The van der Waals surface area contributed by atoms with Crippen LogP contribution in [0.3, 0.4) is 0 Å². The lowest BCUT2D eigenvalue weighted by Gasteiger charge is -2.04. The van der Waals surface area contributed by atoms with Gasteiger partial charge in [-0.05, 0) is 36.1 Å². The SMILES string of the molecule is CCCCCC(C=NNC(=O)c1ccccc1O)=Cc1ccccc1. The van der Waals surface area contributed by atoms with Gasteiger partial charge in [0, 0.05) is 0 Å². The van der Waals surface area contributed by atoms with E-state index in [0.717, 1.165) is 36.8 Å². The molecule has 0 bridgehead atoms. The summed E-state index contributed by atoms with van der Waals surface area (Å²) in [5.74, 6) is -0.486. The molecule has 0 aromatic heterocycles. The first-order valence-electron chi connectivity index (χ1n) is 8.57. The number of unbranched alkanes of at least 4 members (excludes halogenated alkanes) is 2. The topological polar surface area (TPSA) is 61.7 Å². The number of para-hydroxylation sites is 1. The van der Waals surface area contributed by atoms with Crippen molar-refractivity contribution in [2.24, 2.45) is 5.10 Å². The molecule has 4 heteroatoms. The molecule has 0 fully saturated rings. The maximum absolute atomic E-state index is 12.1. The normalized spacial score (nSPS) is 11.6. The zero-order chi connectivity index (χ0) is 17.9. The van der Waals surface area contributed by atoms with Crippen molar-refractivity contribution >= 4 is 18.2 Å². The number of carbonyl (C=O) groups excluding carboxylic acids is 1. The molecule has 25 heavy (non-hydrogen) atoms. The van der Waals surface area contributed by atoms with Crippen LogP contribution in [0, 0.1) is 0 Å². The molecule has 0 unspecified atom stereocenters. The van der Waals surface area contributed by atoms with Crippen molar-refractivity contribution in [3.05, 3.63) is 71.3 Å². The lowest BCUT2D eigenvalue weighted by Crippen LogP contribution is -2.17. The number of nitrogens with zero attached hydrogens (tertiary/aromatic N) is 1. The standard InChI is InChI=1S/C21H24N2O2/c1-2-3-5-12-18(15-17-10-6-4-7-11-17)16-22-23-21(25)19-13-8-9-14-20(19)24/h4,6-11,13-16,24H,2-3,5,12H2,1H3,(H,23,25). The fraction of sp³-hybridized carbons (Fsp3) is 0.238. The van der Waals surface area contributed by atoms with Crippen LogP contribution in [0.15, 0.2) is 65.3 Å². The number of benzene rings is 2. The van der Waals surface area contributed by atoms with Gasteiger partial charge in [0.25, 0.3) is 5.91 Å². The number of allylic oxidation sites excluding steroid dienone is 1. The van der Waals surface area contributed by atoms with Crippen molar-refractivity contribution in [1.82, 2.24) is 5.43 Å². The molecule has 0 aliphatic heterocycles. The number of nitrogens with one attached hydrogen (secondary N) is 1. The van der Waals surface area contributed by atoms with Gasteiger partial charge in [-0.25, -0.2) is 5.43 Å². The summed E-state index contributed by atoms with van der Waals surface area (Å²) in [6.45, 7) is 2.17. The Labute approximate surface area is 148 Å². The predicted octanol–water partition coefficient (Wildman–Crippen LogP) is 4.77. The lowest BCUT2D eigenvalue weighted by atomic mass is 10.1. The van der Waals surface area contributed by atoms with Crippen molar-refractivity contribution < 1.29 is 9.90 Å². The second-order valence-electron chi connectivity index (χ2n) is 5.80. The summed E-state index contributed by atoms with van der Waals surface area (Å²) in [5, 5.41) is 13.8. The number of hydrazone groups is 1. The number of hydrogen-bond acceptors (Lipinski definition) is 3. The smallest absolute Gasteiger partial charge is 0.275 e. The van der Waals surface area contributed by atoms with Crippen molar-refractivity contribution in [3.63, 3.8) is 0 Å². The number of phenols is 1. The highest BCUT2D eigenvalue weighted by Crippen LogP contribution is 2.15. The number of hydrogen-bond donors (Lipinski definition) is 2. The average molecular weight is 336 g/mol. The highest BCUT2D eigenvalue weighted by molar-refractivity contribution is 5.97. The van der Waals surface area contributed by atoms with Gasteiger partial charge in [-0.1, -0.05) is 68.3 Å². The highest BCUT2D eigenvalue weighted by Gasteiger charge is 2.08. The molecule has 4 nitrogen and oxygen atoms in total. The molecule has 0 spiro atoms. The van der Waals surface area contributed by atoms with E-state index in [2.05, 4.69) is 23.5 Å². The molecular formula is C21H24N2O2. The van der Waals surface area contributed by atoms with Gasteiger partial charge in [0.2, 0.25) is 0 Å². The van der Waals surface area contributed by atoms with Gasteiger partial charge in [0.15, 0.2) is 0 Å². The fourth-order valence-corrected chi connectivity index (χ4v) is 2.42. The summed E-state index contributed by atoms with van der Waals surface area (Å²) in [4.78, 5) is 12.1. The fourth-order valence-electron chi connectivity index (χ4n) is 2.42. The van der Waals surface area contributed by atoms with Crippen LogP contribution in [0.1, 0.15) is 48.5 Å². The van der Waals surface area contributed by atoms with Gasteiger partial charge in [0.05, 0.1) is 11.8 Å². The van der Waals surface area contributed by atoms with Crippen molar-refractivity contribution in [2.75, 3.05) is 0 Å². The number of carbonyl (C=O) groups is 1. The van der Waals surface area contributed by atoms with Crippen LogP contribution < -0.4 is 5.43 Å². The van der Waals surface area contributed by atoms with Gasteiger partial charge in [-0.2, -0.15) is 5.10 Å². The first-order chi connectivity index (χ1) is 12.2. The third-order valence-electron chi connectivity index (χ3n) is 3.77. The summed E-state index contributed by atoms with van der Waals surface area (Å²) in [5.41, 5.74) is 4.84. The number of amides is 1. The van der Waals surface area contributed by atoms with Gasteiger partial charge in [-0.3, -0.25) is 4.79 Å². The molecule has 2 N–H and O–H groups in total. The van der Waals surface area contributed by atoms with E-state index in [0.29, 0.717) is 0 Å². The third kappa shape index (κ3) is 6.26. The van der Waals surface area contributed by atoms with Gasteiger partial charge in [-0.15, -0.1) is 0 Å². The zero-order valence-electron chi connectivity index (χ0n) is 14.5. The third-order valence-corrected chi connectivity index (χ3v) is 3.77. The Morgan fingerprint density at radius 1 is 1.08 bits per heavy atom. The molecule has 0 heterocycles.